The minimum absolute atomic E-state index is 0.0202. The molecule has 0 fully saturated rings. The van der Waals surface area contributed by atoms with E-state index in [9.17, 15) is 13.6 Å². The highest BCUT2D eigenvalue weighted by Crippen LogP contribution is 2.30. The van der Waals surface area contributed by atoms with Gasteiger partial charge in [0.05, 0.1) is 21.8 Å². The summed E-state index contributed by atoms with van der Waals surface area (Å²) in [7, 11) is 0. The third kappa shape index (κ3) is 3.60. The van der Waals surface area contributed by atoms with Crippen molar-refractivity contribution in [2.24, 2.45) is 0 Å². The Balaban J connectivity index is 1.91. The van der Waals surface area contributed by atoms with E-state index in [2.05, 4.69) is 15.0 Å². The standard InChI is InChI=1S/C19H15ClF2N2O2/c1-10-13-5-3-4-6-15(13)23-11(2)17(10)18(25)24-12-7-8-16(14(20)9-12)26-19(21)22/h3-9,19H,1-2H3,(H,24,25). The zero-order valence-corrected chi connectivity index (χ0v) is 14.8. The lowest BCUT2D eigenvalue weighted by Crippen LogP contribution is -2.16. The number of rotatable bonds is 4. The van der Waals surface area contributed by atoms with Gasteiger partial charge in [-0.1, -0.05) is 29.8 Å². The number of aromatic nitrogens is 1. The van der Waals surface area contributed by atoms with E-state index in [0.717, 1.165) is 16.5 Å². The van der Waals surface area contributed by atoms with Crippen LogP contribution in [0.2, 0.25) is 5.02 Å². The lowest BCUT2D eigenvalue weighted by molar-refractivity contribution is -0.0497. The number of nitrogens with one attached hydrogen (secondary N) is 1. The molecule has 1 aromatic heterocycles. The number of fused-ring (bicyclic) bond motifs is 1. The van der Waals surface area contributed by atoms with Gasteiger partial charge in [-0.25, -0.2) is 0 Å². The first kappa shape index (κ1) is 18.1. The first-order chi connectivity index (χ1) is 12.4. The highest BCUT2D eigenvalue weighted by atomic mass is 35.5. The predicted molar refractivity (Wildman–Crippen MR) is 97.3 cm³/mol. The average molecular weight is 377 g/mol. The van der Waals surface area contributed by atoms with Crippen LogP contribution in [0.1, 0.15) is 21.6 Å². The number of ether oxygens (including phenoxy) is 1. The number of carbonyl (C=O) groups is 1. The number of amides is 1. The number of hydrogen-bond donors (Lipinski definition) is 1. The predicted octanol–water partition coefficient (Wildman–Crippen LogP) is 5.36. The Morgan fingerprint density at radius 1 is 1.19 bits per heavy atom. The molecule has 1 heterocycles. The van der Waals surface area contributed by atoms with Crippen molar-refractivity contribution in [2.45, 2.75) is 20.5 Å². The summed E-state index contributed by atoms with van der Waals surface area (Å²) in [6.07, 6.45) is 0. The first-order valence-electron chi connectivity index (χ1n) is 7.78. The molecular formula is C19H15ClF2N2O2. The van der Waals surface area contributed by atoms with E-state index < -0.39 is 6.61 Å². The largest absolute Gasteiger partial charge is 0.433 e. The van der Waals surface area contributed by atoms with Gasteiger partial charge in [0, 0.05) is 11.1 Å². The maximum Gasteiger partial charge on any atom is 0.387 e. The quantitative estimate of drug-likeness (QED) is 0.667. The van der Waals surface area contributed by atoms with Gasteiger partial charge in [0.25, 0.3) is 5.91 Å². The Labute approximate surface area is 153 Å². The van der Waals surface area contributed by atoms with Crippen molar-refractivity contribution in [3.05, 3.63) is 64.3 Å². The lowest BCUT2D eigenvalue weighted by atomic mass is 10.0. The molecular weight excluding hydrogens is 362 g/mol. The molecule has 4 nitrogen and oxygen atoms in total. The first-order valence-corrected chi connectivity index (χ1v) is 8.16. The summed E-state index contributed by atoms with van der Waals surface area (Å²) in [4.78, 5) is 17.2. The molecule has 0 atom stereocenters. The molecule has 0 aliphatic carbocycles. The Kier molecular flexibility index (Phi) is 5.04. The number of alkyl halides is 2. The van der Waals surface area contributed by atoms with Crippen molar-refractivity contribution in [1.29, 1.82) is 0 Å². The maximum absolute atomic E-state index is 12.7. The van der Waals surface area contributed by atoms with Crippen LogP contribution in [0.4, 0.5) is 14.5 Å². The molecule has 0 unspecified atom stereocenters. The molecule has 0 bridgehead atoms. The van der Waals surface area contributed by atoms with Gasteiger partial charge < -0.3 is 10.1 Å². The second kappa shape index (κ2) is 7.25. The van der Waals surface area contributed by atoms with Crippen LogP contribution < -0.4 is 10.1 Å². The summed E-state index contributed by atoms with van der Waals surface area (Å²) in [5.74, 6) is -0.503. The smallest absolute Gasteiger partial charge is 0.387 e. The summed E-state index contributed by atoms with van der Waals surface area (Å²) in [6.45, 7) is 0.654. The van der Waals surface area contributed by atoms with Crippen molar-refractivity contribution < 1.29 is 18.3 Å². The van der Waals surface area contributed by atoms with Gasteiger partial charge in [0.1, 0.15) is 5.75 Å². The van der Waals surface area contributed by atoms with E-state index in [1.807, 2.05) is 31.2 Å². The second-order valence-corrected chi connectivity index (χ2v) is 6.10. The molecule has 1 amide bonds. The number of hydrogen-bond acceptors (Lipinski definition) is 3. The zero-order valence-electron chi connectivity index (χ0n) is 14.0. The summed E-state index contributed by atoms with van der Waals surface area (Å²) >= 11 is 5.92. The molecule has 134 valence electrons. The number of benzene rings is 2. The summed E-state index contributed by atoms with van der Waals surface area (Å²) in [6, 6.07) is 11.6. The molecule has 0 spiro atoms. The van der Waals surface area contributed by atoms with E-state index in [4.69, 9.17) is 11.6 Å². The van der Waals surface area contributed by atoms with Gasteiger partial charge in [-0.3, -0.25) is 9.78 Å². The fraction of sp³-hybridized carbons (Fsp3) is 0.158. The van der Waals surface area contributed by atoms with E-state index >= 15 is 0 Å². The van der Waals surface area contributed by atoms with Gasteiger partial charge in [-0.15, -0.1) is 0 Å². The van der Waals surface area contributed by atoms with Crippen LogP contribution in [0, 0.1) is 13.8 Å². The maximum atomic E-state index is 12.7. The molecule has 0 aliphatic heterocycles. The molecule has 0 saturated carbocycles. The van der Waals surface area contributed by atoms with Crippen LogP contribution >= 0.6 is 11.6 Å². The number of pyridine rings is 1. The van der Waals surface area contributed by atoms with E-state index in [0.29, 0.717) is 16.9 Å². The molecule has 3 aromatic rings. The fourth-order valence-corrected chi connectivity index (χ4v) is 3.05. The Bertz CT molecular complexity index is 993. The summed E-state index contributed by atoms with van der Waals surface area (Å²) in [5, 5.41) is 3.59. The van der Waals surface area contributed by atoms with Crippen LogP contribution in [0.15, 0.2) is 42.5 Å². The second-order valence-electron chi connectivity index (χ2n) is 5.69. The minimum atomic E-state index is -2.97. The van der Waals surface area contributed by atoms with Crippen LogP contribution in [0.3, 0.4) is 0 Å². The van der Waals surface area contributed by atoms with Crippen molar-refractivity contribution in [3.63, 3.8) is 0 Å². The molecule has 2 aromatic carbocycles. The van der Waals surface area contributed by atoms with Crippen molar-refractivity contribution in [2.75, 3.05) is 5.32 Å². The molecule has 3 rings (SSSR count). The van der Waals surface area contributed by atoms with Crippen LogP contribution in [-0.2, 0) is 0 Å². The molecule has 0 saturated heterocycles. The normalized spacial score (nSPS) is 11.0. The van der Waals surface area contributed by atoms with Gasteiger partial charge in [-0.05, 0) is 43.7 Å². The van der Waals surface area contributed by atoms with Gasteiger partial charge in [-0.2, -0.15) is 8.78 Å². The van der Waals surface area contributed by atoms with Gasteiger partial charge in [0.2, 0.25) is 0 Å². The van der Waals surface area contributed by atoms with Gasteiger partial charge in [0.15, 0.2) is 0 Å². The zero-order chi connectivity index (χ0) is 18.8. The third-order valence-corrected chi connectivity index (χ3v) is 4.26. The SMILES string of the molecule is Cc1nc2ccccc2c(C)c1C(=O)Nc1ccc(OC(F)F)c(Cl)c1. The molecule has 0 radical (unpaired) electrons. The Hall–Kier alpha value is -2.73. The fourth-order valence-electron chi connectivity index (χ4n) is 2.83. The summed E-state index contributed by atoms with van der Waals surface area (Å²) < 4.78 is 28.9. The monoisotopic (exact) mass is 376 g/mol. The number of carbonyl (C=O) groups excluding carboxylic acids is 1. The van der Waals surface area contributed by atoms with E-state index in [1.54, 1.807) is 6.92 Å². The highest BCUT2D eigenvalue weighted by Gasteiger charge is 2.17. The van der Waals surface area contributed by atoms with Crippen molar-refractivity contribution in [1.82, 2.24) is 4.98 Å². The number of nitrogens with zero attached hydrogens (tertiary/aromatic N) is 1. The molecule has 1 N–H and O–H groups in total. The van der Waals surface area contributed by atoms with Crippen molar-refractivity contribution >= 4 is 34.1 Å². The van der Waals surface area contributed by atoms with E-state index in [1.165, 1.54) is 18.2 Å². The number of aryl methyl sites for hydroxylation is 2. The number of para-hydroxylation sites is 1. The lowest BCUT2D eigenvalue weighted by Gasteiger charge is -2.13. The van der Waals surface area contributed by atoms with Crippen LogP contribution in [-0.4, -0.2) is 17.5 Å². The van der Waals surface area contributed by atoms with Crippen LogP contribution in [0.25, 0.3) is 10.9 Å². The average Bonchev–Trinajstić information content (AvgIpc) is 2.57. The van der Waals surface area contributed by atoms with E-state index in [-0.39, 0.29) is 16.7 Å². The van der Waals surface area contributed by atoms with Gasteiger partial charge >= 0.3 is 6.61 Å². The molecule has 0 aliphatic rings. The third-order valence-electron chi connectivity index (χ3n) is 3.97. The summed E-state index contributed by atoms with van der Waals surface area (Å²) in [5.41, 5.74) is 3.06. The molecule has 7 heteroatoms. The Morgan fingerprint density at radius 2 is 1.92 bits per heavy atom. The molecule has 26 heavy (non-hydrogen) atoms. The van der Waals surface area contributed by atoms with Crippen molar-refractivity contribution in [3.8, 4) is 5.75 Å². The minimum Gasteiger partial charge on any atom is -0.433 e. The number of halogens is 3. The van der Waals surface area contributed by atoms with Crippen LogP contribution in [0.5, 0.6) is 5.75 Å². The number of anilines is 1. The topological polar surface area (TPSA) is 51.2 Å². The Morgan fingerprint density at radius 3 is 2.62 bits per heavy atom. The highest BCUT2D eigenvalue weighted by molar-refractivity contribution is 6.32.